The summed E-state index contributed by atoms with van der Waals surface area (Å²) in [6.45, 7) is -0.160. The van der Waals surface area contributed by atoms with Crippen LogP contribution in [0.4, 0.5) is 10.5 Å². The smallest absolute Gasteiger partial charge is 0.325 e. The van der Waals surface area contributed by atoms with Crippen molar-refractivity contribution in [3.05, 3.63) is 59.7 Å². The maximum absolute atomic E-state index is 13.2. The summed E-state index contributed by atoms with van der Waals surface area (Å²) >= 11 is 0. The number of nitrogens with zero attached hydrogens (tertiary/aromatic N) is 1. The molecule has 32 heavy (non-hydrogen) atoms. The standard InChI is InChI=1S/C23H22N4O5/c28-19(24-16-5-3-4-14(12-16)20(29)25-15-8-9-15)13-27-21(30)23(26-22(27)31)10-11-32-18-7-2-1-6-17(18)23/h1-7,12,15H,8-11,13H2,(H,24,28)(H,25,29)(H,26,31). The highest BCUT2D eigenvalue weighted by molar-refractivity contribution is 6.11. The number of ether oxygens (including phenoxy) is 1. The summed E-state index contributed by atoms with van der Waals surface area (Å²) in [6, 6.07) is 13.2. The lowest BCUT2D eigenvalue weighted by molar-refractivity contribution is -0.135. The molecule has 1 saturated heterocycles. The van der Waals surface area contributed by atoms with Crippen molar-refractivity contribution in [2.24, 2.45) is 0 Å². The minimum Gasteiger partial charge on any atom is -0.493 e. The minimum atomic E-state index is -1.23. The molecular formula is C23H22N4O5. The van der Waals surface area contributed by atoms with Gasteiger partial charge in [0.05, 0.1) is 6.61 Å². The highest BCUT2D eigenvalue weighted by Gasteiger charge is 2.55. The molecule has 9 heteroatoms. The number of imide groups is 1. The molecule has 1 unspecified atom stereocenters. The van der Waals surface area contributed by atoms with Crippen LogP contribution in [0.2, 0.25) is 0 Å². The van der Waals surface area contributed by atoms with Gasteiger partial charge in [0.15, 0.2) is 5.54 Å². The Kier molecular flexibility index (Phi) is 4.80. The lowest BCUT2D eigenvalue weighted by Gasteiger charge is -2.33. The first kappa shape index (κ1) is 20.0. The molecule has 5 amide bonds. The molecule has 2 fully saturated rings. The molecule has 2 aliphatic heterocycles. The number of para-hydroxylation sites is 1. The van der Waals surface area contributed by atoms with Crippen molar-refractivity contribution in [3.8, 4) is 5.75 Å². The molecular weight excluding hydrogens is 412 g/mol. The number of nitrogens with one attached hydrogen (secondary N) is 3. The van der Waals surface area contributed by atoms with Crippen molar-refractivity contribution in [1.29, 1.82) is 0 Å². The number of rotatable bonds is 5. The topological polar surface area (TPSA) is 117 Å². The van der Waals surface area contributed by atoms with E-state index < -0.39 is 29.9 Å². The van der Waals surface area contributed by atoms with Crippen molar-refractivity contribution in [2.75, 3.05) is 18.5 Å². The average Bonchev–Trinajstić information content (AvgIpc) is 3.57. The molecule has 2 aromatic carbocycles. The number of urea groups is 1. The first-order valence-electron chi connectivity index (χ1n) is 10.5. The number of hydrogen-bond donors (Lipinski definition) is 3. The Hall–Kier alpha value is -3.88. The van der Waals surface area contributed by atoms with Crippen molar-refractivity contribution >= 4 is 29.4 Å². The van der Waals surface area contributed by atoms with Gasteiger partial charge in [0.1, 0.15) is 12.3 Å². The van der Waals surface area contributed by atoms with Crippen LogP contribution < -0.4 is 20.7 Å². The van der Waals surface area contributed by atoms with Gasteiger partial charge in [-0.25, -0.2) is 4.79 Å². The van der Waals surface area contributed by atoms with Crippen molar-refractivity contribution < 1.29 is 23.9 Å². The number of benzene rings is 2. The zero-order valence-electron chi connectivity index (χ0n) is 17.2. The highest BCUT2D eigenvalue weighted by Crippen LogP contribution is 2.40. The molecule has 1 saturated carbocycles. The molecule has 0 bridgehead atoms. The molecule has 1 atom stereocenters. The Labute approximate surface area is 184 Å². The maximum atomic E-state index is 13.2. The van der Waals surface area contributed by atoms with Gasteiger partial charge in [-0.05, 0) is 37.1 Å². The first-order valence-corrected chi connectivity index (χ1v) is 10.5. The second-order valence-electron chi connectivity index (χ2n) is 8.20. The lowest BCUT2D eigenvalue weighted by atomic mass is 9.84. The molecule has 5 rings (SSSR count). The van der Waals surface area contributed by atoms with Crippen molar-refractivity contribution in [1.82, 2.24) is 15.5 Å². The van der Waals surface area contributed by atoms with Crippen molar-refractivity contribution in [2.45, 2.75) is 30.8 Å². The monoisotopic (exact) mass is 434 g/mol. The van der Waals surface area contributed by atoms with Gasteiger partial charge in [-0.3, -0.25) is 19.3 Å². The van der Waals surface area contributed by atoms with Crippen molar-refractivity contribution in [3.63, 3.8) is 0 Å². The third kappa shape index (κ3) is 3.55. The van der Waals surface area contributed by atoms with E-state index in [-0.39, 0.29) is 25.0 Å². The van der Waals surface area contributed by atoms with Crippen LogP contribution in [0.3, 0.4) is 0 Å². The van der Waals surface area contributed by atoms with E-state index in [0.717, 1.165) is 17.7 Å². The van der Waals surface area contributed by atoms with Crippen LogP contribution in [0.5, 0.6) is 5.75 Å². The Morgan fingerprint density at radius 1 is 1.12 bits per heavy atom. The fourth-order valence-electron chi connectivity index (χ4n) is 4.09. The number of anilines is 1. The summed E-state index contributed by atoms with van der Waals surface area (Å²) in [4.78, 5) is 51.7. The number of hydrogen-bond acceptors (Lipinski definition) is 5. The Bertz CT molecular complexity index is 1130. The van der Waals surface area contributed by atoms with Crippen LogP contribution >= 0.6 is 0 Å². The van der Waals surface area contributed by atoms with Crippen LogP contribution in [0.15, 0.2) is 48.5 Å². The predicted octanol–water partition coefficient (Wildman–Crippen LogP) is 1.75. The number of amides is 5. The molecule has 2 aromatic rings. The van der Waals surface area contributed by atoms with E-state index in [4.69, 9.17) is 4.74 Å². The van der Waals surface area contributed by atoms with Gasteiger partial charge < -0.3 is 20.7 Å². The molecule has 3 N–H and O–H groups in total. The predicted molar refractivity (Wildman–Crippen MR) is 114 cm³/mol. The molecule has 0 radical (unpaired) electrons. The van der Waals surface area contributed by atoms with Gasteiger partial charge in [0.2, 0.25) is 5.91 Å². The maximum Gasteiger partial charge on any atom is 0.325 e. The molecule has 9 nitrogen and oxygen atoms in total. The van der Waals surface area contributed by atoms with E-state index in [1.54, 1.807) is 48.5 Å². The van der Waals surface area contributed by atoms with Gasteiger partial charge in [-0.1, -0.05) is 24.3 Å². The second-order valence-corrected chi connectivity index (χ2v) is 8.20. The normalized spacial score (nSPS) is 21.6. The van der Waals surface area contributed by atoms with Gasteiger partial charge in [-0.2, -0.15) is 0 Å². The van der Waals surface area contributed by atoms with E-state index in [2.05, 4.69) is 16.0 Å². The Balaban J connectivity index is 1.29. The number of fused-ring (bicyclic) bond motifs is 2. The van der Waals surface area contributed by atoms with Crippen LogP contribution in [0.25, 0.3) is 0 Å². The summed E-state index contributed by atoms with van der Waals surface area (Å²) in [5.74, 6) is -0.672. The van der Waals surface area contributed by atoms with E-state index in [9.17, 15) is 19.2 Å². The summed E-state index contributed by atoms with van der Waals surface area (Å²) in [7, 11) is 0. The minimum absolute atomic E-state index is 0.196. The quantitative estimate of drug-likeness (QED) is 0.620. The fourth-order valence-corrected chi connectivity index (χ4v) is 4.09. The van der Waals surface area contributed by atoms with Gasteiger partial charge in [-0.15, -0.1) is 0 Å². The fraction of sp³-hybridized carbons (Fsp3) is 0.304. The second kappa shape index (κ2) is 7.67. The van der Waals surface area contributed by atoms with Crippen LogP contribution in [-0.4, -0.2) is 47.8 Å². The molecule has 1 aliphatic carbocycles. The summed E-state index contributed by atoms with van der Waals surface area (Å²) in [6.07, 6.45) is 2.24. The van der Waals surface area contributed by atoms with Crippen LogP contribution in [-0.2, 0) is 15.1 Å². The van der Waals surface area contributed by atoms with Crippen LogP contribution in [0, 0.1) is 0 Å². The third-order valence-corrected chi connectivity index (χ3v) is 5.88. The van der Waals surface area contributed by atoms with E-state index in [0.29, 0.717) is 22.6 Å². The molecule has 3 aliphatic rings. The number of carbonyl (C=O) groups is 4. The first-order chi connectivity index (χ1) is 15.5. The summed E-state index contributed by atoms with van der Waals surface area (Å²) in [5, 5.41) is 8.33. The Morgan fingerprint density at radius 2 is 1.94 bits per heavy atom. The lowest BCUT2D eigenvalue weighted by Crippen LogP contribution is -2.48. The zero-order valence-corrected chi connectivity index (χ0v) is 17.2. The van der Waals surface area contributed by atoms with Gasteiger partial charge in [0.25, 0.3) is 11.8 Å². The van der Waals surface area contributed by atoms with Gasteiger partial charge in [0, 0.05) is 29.3 Å². The average molecular weight is 434 g/mol. The van der Waals surface area contributed by atoms with E-state index >= 15 is 0 Å². The number of carbonyl (C=O) groups excluding carboxylic acids is 4. The Morgan fingerprint density at radius 3 is 2.75 bits per heavy atom. The third-order valence-electron chi connectivity index (χ3n) is 5.88. The SMILES string of the molecule is O=C(CN1C(=O)NC2(CCOc3ccccc32)C1=O)Nc1cccc(C(=O)NC2CC2)c1. The molecule has 0 aromatic heterocycles. The molecule has 164 valence electrons. The van der Waals surface area contributed by atoms with Crippen LogP contribution in [0.1, 0.15) is 35.2 Å². The summed E-state index contributed by atoms with van der Waals surface area (Å²) in [5.41, 5.74) is 0.202. The van der Waals surface area contributed by atoms with E-state index in [1.165, 1.54) is 0 Å². The van der Waals surface area contributed by atoms with E-state index in [1.807, 2.05) is 0 Å². The highest BCUT2D eigenvalue weighted by atomic mass is 16.5. The largest absolute Gasteiger partial charge is 0.493 e. The summed E-state index contributed by atoms with van der Waals surface area (Å²) < 4.78 is 5.61. The zero-order chi connectivity index (χ0) is 22.3. The molecule has 1 spiro atoms. The van der Waals surface area contributed by atoms with Gasteiger partial charge >= 0.3 is 6.03 Å². The molecule has 2 heterocycles.